The minimum Gasteiger partial charge on any atom is -0.302 e. The Bertz CT molecular complexity index is 536. The molecule has 0 aliphatic rings. The zero-order chi connectivity index (χ0) is 30.0. The monoisotopic (exact) mass is 514 g/mol. The molecular formula is C33H75N3. The third kappa shape index (κ3) is 28.5. The van der Waals surface area contributed by atoms with Gasteiger partial charge in [-0.2, -0.15) is 0 Å². The van der Waals surface area contributed by atoms with Crippen LogP contribution < -0.4 is 0 Å². The lowest BCUT2D eigenvalue weighted by Crippen LogP contribution is -2.42. The van der Waals surface area contributed by atoms with Gasteiger partial charge in [-0.05, 0) is 132 Å². The van der Waals surface area contributed by atoms with E-state index in [1.165, 1.54) is 32.4 Å². The molecule has 0 atom stereocenters. The van der Waals surface area contributed by atoms with Crippen molar-refractivity contribution in [3.05, 3.63) is 0 Å². The Hall–Kier alpha value is -0.120. The topological polar surface area (TPSA) is 9.72 Å². The number of hydrogen-bond acceptors (Lipinski definition) is 3. The van der Waals surface area contributed by atoms with Crippen LogP contribution in [-0.4, -0.2) is 72.1 Å². The molecule has 0 aliphatic heterocycles. The summed E-state index contributed by atoms with van der Waals surface area (Å²) in [5.74, 6) is 0. The van der Waals surface area contributed by atoms with Gasteiger partial charge in [0.2, 0.25) is 0 Å². The van der Waals surface area contributed by atoms with Crippen LogP contribution in [0.4, 0.5) is 0 Å². The summed E-state index contributed by atoms with van der Waals surface area (Å²) >= 11 is 0. The van der Waals surface area contributed by atoms with E-state index in [2.05, 4.69) is 160 Å². The largest absolute Gasteiger partial charge is 0.302 e. The van der Waals surface area contributed by atoms with Crippen molar-refractivity contribution in [1.29, 1.82) is 0 Å². The maximum Gasteiger partial charge on any atom is 0.0122 e. The summed E-state index contributed by atoms with van der Waals surface area (Å²) in [5, 5.41) is 0. The Morgan fingerprint density at radius 1 is 0.361 bits per heavy atom. The molecule has 0 rings (SSSR count). The molecule has 0 N–H and O–H groups in total. The summed E-state index contributed by atoms with van der Waals surface area (Å²) in [6, 6.07) is 0. The number of rotatable bonds is 6. The molecule has 0 spiro atoms. The lowest BCUT2D eigenvalue weighted by atomic mass is 9.90. The van der Waals surface area contributed by atoms with Crippen molar-refractivity contribution in [2.24, 2.45) is 16.2 Å². The molecule has 0 unspecified atom stereocenters. The van der Waals surface area contributed by atoms with Gasteiger partial charge in [0.05, 0.1) is 0 Å². The lowest BCUT2D eigenvalue weighted by Gasteiger charge is -2.36. The maximum atomic E-state index is 2.43. The Kier molecular flexibility index (Phi) is 17.3. The first kappa shape index (κ1) is 40.4. The van der Waals surface area contributed by atoms with E-state index in [1.807, 2.05) is 0 Å². The van der Waals surface area contributed by atoms with Crippen molar-refractivity contribution in [2.45, 2.75) is 161 Å². The van der Waals surface area contributed by atoms with E-state index in [1.54, 1.807) is 0 Å². The molecule has 0 aliphatic carbocycles. The van der Waals surface area contributed by atoms with Gasteiger partial charge in [0.15, 0.2) is 0 Å². The standard InChI is InChI=1S/C12H27N.C11H25N.C10H23N/c1-11(2,3)9-8-10-13(7)12(4,5)6;1-10(2,3)8-9-12(7)11(4,5)6;1-9(2,3)8-11(7)10(4,5)6/h8-10H2,1-7H3;8-9H2,1-7H3;8H2,1-7H3. The minimum atomic E-state index is 0.299. The average molecular weight is 514 g/mol. The summed E-state index contributed by atoms with van der Waals surface area (Å²) in [7, 11) is 6.60. The highest BCUT2D eigenvalue weighted by molar-refractivity contribution is 4.77. The van der Waals surface area contributed by atoms with E-state index in [-0.39, 0.29) is 0 Å². The van der Waals surface area contributed by atoms with E-state index < -0.39 is 0 Å². The molecule has 0 saturated heterocycles. The van der Waals surface area contributed by atoms with Crippen molar-refractivity contribution < 1.29 is 0 Å². The van der Waals surface area contributed by atoms with Gasteiger partial charge in [0.1, 0.15) is 0 Å². The molecule has 0 heterocycles. The minimum absolute atomic E-state index is 0.299. The molecule has 0 bridgehead atoms. The Labute approximate surface area is 232 Å². The van der Waals surface area contributed by atoms with Gasteiger partial charge < -0.3 is 14.7 Å². The normalized spacial score (nSPS) is 14.0. The van der Waals surface area contributed by atoms with Crippen LogP contribution in [0.1, 0.15) is 144 Å². The van der Waals surface area contributed by atoms with Crippen molar-refractivity contribution >= 4 is 0 Å². The van der Waals surface area contributed by atoms with E-state index in [4.69, 9.17) is 0 Å². The molecular weight excluding hydrogens is 438 g/mol. The first-order valence-electron chi connectivity index (χ1n) is 14.5. The van der Waals surface area contributed by atoms with Crippen LogP contribution in [0, 0.1) is 16.2 Å². The maximum absolute atomic E-state index is 2.43. The summed E-state index contributed by atoms with van der Waals surface area (Å²) in [4.78, 5) is 7.24. The highest BCUT2D eigenvalue weighted by Crippen LogP contribution is 2.22. The van der Waals surface area contributed by atoms with Gasteiger partial charge in [-0.3, -0.25) is 0 Å². The van der Waals surface area contributed by atoms with E-state index in [0.29, 0.717) is 32.9 Å². The molecule has 0 fully saturated rings. The number of nitrogens with zero attached hydrogens (tertiary/aromatic N) is 3. The molecule has 0 saturated carbocycles. The zero-order valence-corrected chi connectivity index (χ0v) is 29.6. The fourth-order valence-corrected chi connectivity index (χ4v) is 2.97. The predicted molar refractivity (Wildman–Crippen MR) is 169 cm³/mol. The molecule has 36 heavy (non-hydrogen) atoms. The highest BCUT2D eigenvalue weighted by Gasteiger charge is 2.22. The molecule has 0 aromatic rings. The van der Waals surface area contributed by atoms with Gasteiger partial charge in [-0.15, -0.1) is 0 Å². The van der Waals surface area contributed by atoms with Gasteiger partial charge in [0.25, 0.3) is 0 Å². The molecule has 3 nitrogen and oxygen atoms in total. The first-order chi connectivity index (χ1) is 15.4. The second-order valence-electron chi connectivity index (χ2n) is 17.7. The van der Waals surface area contributed by atoms with Crippen molar-refractivity contribution in [1.82, 2.24) is 14.7 Å². The Morgan fingerprint density at radius 2 is 0.667 bits per heavy atom. The summed E-state index contributed by atoms with van der Waals surface area (Å²) in [6.07, 6.45) is 3.88. The van der Waals surface area contributed by atoms with E-state index in [0.717, 1.165) is 6.54 Å². The fourth-order valence-electron chi connectivity index (χ4n) is 2.97. The molecule has 0 aromatic carbocycles. The molecule has 0 radical (unpaired) electrons. The van der Waals surface area contributed by atoms with Gasteiger partial charge in [0, 0.05) is 23.2 Å². The van der Waals surface area contributed by atoms with Crippen LogP contribution in [0.25, 0.3) is 0 Å². The molecule has 0 amide bonds. The highest BCUT2D eigenvalue weighted by atomic mass is 15.2. The molecule has 222 valence electrons. The summed E-state index contributed by atoms with van der Waals surface area (Å²) < 4.78 is 0. The van der Waals surface area contributed by atoms with Crippen LogP contribution in [0.5, 0.6) is 0 Å². The first-order valence-corrected chi connectivity index (χ1v) is 14.5. The van der Waals surface area contributed by atoms with Crippen LogP contribution in [0.15, 0.2) is 0 Å². The molecule has 3 heteroatoms. The van der Waals surface area contributed by atoms with Gasteiger partial charge >= 0.3 is 0 Å². The van der Waals surface area contributed by atoms with Crippen LogP contribution in [0.2, 0.25) is 0 Å². The van der Waals surface area contributed by atoms with Gasteiger partial charge in [-0.1, -0.05) is 62.3 Å². The average Bonchev–Trinajstić information content (AvgIpc) is 2.55. The van der Waals surface area contributed by atoms with Crippen molar-refractivity contribution in [3.8, 4) is 0 Å². The Balaban J connectivity index is -0.000000455. The smallest absolute Gasteiger partial charge is 0.0122 e. The Morgan fingerprint density at radius 3 is 0.889 bits per heavy atom. The summed E-state index contributed by atoms with van der Waals surface area (Å²) in [6.45, 7) is 44.5. The van der Waals surface area contributed by atoms with Crippen LogP contribution in [-0.2, 0) is 0 Å². The fraction of sp³-hybridized carbons (Fsp3) is 1.00. The summed E-state index contributed by atoms with van der Waals surface area (Å²) in [5.41, 5.74) is 2.27. The van der Waals surface area contributed by atoms with Crippen LogP contribution >= 0.6 is 0 Å². The van der Waals surface area contributed by atoms with Gasteiger partial charge in [-0.25, -0.2) is 0 Å². The third-order valence-electron chi connectivity index (χ3n) is 6.76. The second-order valence-corrected chi connectivity index (χ2v) is 17.7. The van der Waals surface area contributed by atoms with Crippen molar-refractivity contribution in [3.63, 3.8) is 0 Å². The number of hydrogen-bond donors (Lipinski definition) is 0. The van der Waals surface area contributed by atoms with Crippen molar-refractivity contribution in [2.75, 3.05) is 40.8 Å². The van der Waals surface area contributed by atoms with E-state index >= 15 is 0 Å². The van der Waals surface area contributed by atoms with Crippen LogP contribution in [0.3, 0.4) is 0 Å². The SMILES string of the molecule is CN(CC(C)(C)C)C(C)(C)C.CN(CCC(C)(C)C)C(C)(C)C.CN(CCCC(C)(C)C)C(C)(C)C. The lowest BCUT2D eigenvalue weighted by molar-refractivity contribution is 0.123. The predicted octanol–water partition coefficient (Wildman–Crippen LogP) is 9.46. The molecule has 0 aromatic heterocycles. The second kappa shape index (κ2) is 15.5. The van der Waals surface area contributed by atoms with E-state index in [9.17, 15) is 0 Å². The quantitative estimate of drug-likeness (QED) is 0.350. The third-order valence-corrected chi connectivity index (χ3v) is 6.76. The zero-order valence-electron chi connectivity index (χ0n) is 29.6.